The Morgan fingerprint density at radius 2 is 0.990 bits per heavy atom. The van der Waals surface area contributed by atoms with E-state index in [-0.39, 0.29) is 54.1 Å². The van der Waals surface area contributed by atoms with E-state index in [1.807, 2.05) is 6.20 Å². The molecule has 534 valence electrons. The highest BCUT2D eigenvalue weighted by atomic mass is 19.1. The van der Waals surface area contributed by atoms with Crippen LogP contribution in [0.2, 0.25) is 0 Å². The fourth-order valence-corrected chi connectivity index (χ4v) is 18.6. The molecule has 5 saturated carbocycles. The molecule has 4 aromatic heterocycles. The first kappa shape index (κ1) is 71.2. The molecule has 1 atom stereocenters. The number of halogens is 1. The van der Waals surface area contributed by atoms with Gasteiger partial charge in [0, 0.05) is 132 Å². The van der Waals surface area contributed by atoms with Gasteiger partial charge in [0.25, 0.3) is 0 Å². The molecule has 17 nitrogen and oxygen atoms in total. The first-order chi connectivity index (χ1) is 48.0. The number of aromatic nitrogens is 7. The highest BCUT2D eigenvalue weighted by molar-refractivity contribution is 5.81. The molecule has 0 radical (unpaired) electrons. The summed E-state index contributed by atoms with van der Waals surface area (Å²) in [5, 5.41) is 0. The third kappa shape index (κ3) is 17.4. The number of imidazole rings is 3. The fourth-order valence-electron chi connectivity index (χ4n) is 18.6. The molecule has 6 aromatic rings. The molecule has 18 heteroatoms. The van der Waals surface area contributed by atoms with Crippen molar-refractivity contribution in [3.63, 3.8) is 0 Å². The number of unbranched alkanes of at least 4 members (excludes halogenated alkanes) is 1. The number of piperidine rings is 1. The number of hydrogen-bond acceptors (Lipinski definition) is 10. The smallest absolute Gasteiger partial charge is 0.409 e. The van der Waals surface area contributed by atoms with Gasteiger partial charge in [-0.15, -0.1) is 0 Å². The highest BCUT2D eigenvalue weighted by Crippen LogP contribution is 2.42. The lowest BCUT2D eigenvalue weighted by Gasteiger charge is -2.34. The van der Waals surface area contributed by atoms with Gasteiger partial charge in [-0.1, -0.05) is 84.0 Å². The largest absolute Gasteiger partial charge is 0.494 e. The van der Waals surface area contributed by atoms with Gasteiger partial charge in [0.2, 0.25) is 17.7 Å². The van der Waals surface area contributed by atoms with Crippen molar-refractivity contribution in [3.05, 3.63) is 77.6 Å². The van der Waals surface area contributed by atoms with Crippen molar-refractivity contribution >= 4 is 56.9 Å². The van der Waals surface area contributed by atoms with Gasteiger partial charge in [0.15, 0.2) is 0 Å². The maximum Gasteiger partial charge on any atom is 0.409 e. The topological polar surface area (TPSA) is 166 Å². The molecule has 5 heterocycles. The van der Waals surface area contributed by atoms with Crippen LogP contribution in [0.3, 0.4) is 0 Å². The number of nitrogens with zero attached hydrogens (tertiary/aromatic N) is 11. The SMILES string of the molecule is CCC[C@H]1CC[C@H](c2nc3cc(OCCCC[C@H]4CC[C@H](c5nc6cnc(CCOC(=O)N7CCCC(c8nc9cc(F)ccc9n8CCC(=O)N(CC)C8CCCCC8)C7)cc6n5CCC(=O)N(CC)C5CCCCC5)CC4)ccc3n2CCC(=O)N(CC)C2CCCCC2)CC1. The molecule has 1 aliphatic heterocycles. The second-order valence-corrected chi connectivity index (χ2v) is 30.2. The molecular formula is C80H116FN11O6. The van der Waals surface area contributed by atoms with Crippen LogP contribution >= 0.6 is 0 Å². The van der Waals surface area contributed by atoms with Gasteiger partial charge in [-0.2, -0.15) is 0 Å². The number of amides is 4. The van der Waals surface area contributed by atoms with Gasteiger partial charge in [0.05, 0.1) is 47.0 Å². The Kier molecular flexibility index (Phi) is 25.2. The molecule has 12 rings (SSSR count). The molecule has 1 saturated heterocycles. The summed E-state index contributed by atoms with van der Waals surface area (Å²) in [6.45, 7) is 14.3. The minimum atomic E-state index is -0.380. The fraction of sp³-hybridized carbons (Fsp3) is 0.700. The zero-order valence-corrected chi connectivity index (χ0v) is 60.1. The Morgan fingerprint density at radius 3 is 1.52 bits per heavy atom. The molecule has 2 aromatic carbocycles. The number of benzene rings is 2. The van der Waals surface area contributed by atoms with E-state index in [9.17, 15) is 23.6 Å². The summed E-state index contributed by atoms with van der Waals surface area (Å²) in [4.78, 5) is 84.5. The van der Waals surface area contributed by atoms with Crippen molar-refractivity contribution < 1.29 is 33.0 Å². The molecule has 0 N–H and O–H groups in total. The molecular weight excluding hydrogens is 1230 g/mol. The summed E-state index contributed by atoms with van der Waals surface area (Å²) in [7, 11) is 0. The summed E-state index contributed by atoms with van der Waals surface area (Å²) >= 11 is 0. The maximum absolute atomic E-state index is 14.6. The van der Waals surface area contributed by atoms with E-state index < -0.39 is 0 Å². The number of ether oxygens (including phenoxy) is 2. The van der Waals surface area contributed by atoms with Crippen LogP contribution in [0.5, 0.6) is 5.75 Å². The number of rotatable bonds is 29. The van der Waals surface area contributed by atoms with Crippen molar-refractivity contribution in [2.24, 2.45) is 11.8 Å². The van der Waals surface area contributed by atoms with Gasteiger partial charge in [0.1, 0.15) is 34.6 Å². The van der Waals surface area contributed by atoms with Crippen LogP contribution in [-0.2, 0) is 45.2 Å². The minimum Gasteiger partial charge on any atom is -0.494 e. The number of carbonyl (C=O) groups excluding carboxylic acids is 4. The van der Waals surface area contributed by atoms with Gasteiger partial charge >= 0.3 is 6.09 Å². The van der Waals surface area contributed by atoms with Crippen molar-refractivity contribution in [2.45, 2.75) is 302 Å². The molecule has 6 aliphatic rings. The van der Waals surface area contributed by atoms with E-state index in [2.05, 4.69) is 80.4 Å². The first-order valence-electron chi connectivity index (χ1n) is 39.4. The number of likely N-dealkylation sites (tertiary alicyclic amines) is 1. The Morgan fingerprint density at radius 1 is 0.500 bits per heavy atom. The lowest BCUT2D eigenvalue weighted by molar-refractivity contribution is -0.135. The molecule has 6 fully saturated rings. The van der Waals surface area contributed by atoms with Crippen LogP contribution < -0.4 is 4.74 Å². The number of fused-ring (bicyclic) bond motifs is 3. The van der Waals surface area contributed by atoms with E-state index in [1.54, 1.807) is 11.0 Å². The maximum atomic E-state index is 14.6. The van der Waals surface area contributed by atoms with Gasteiger partial charge in [-0.05, 0) is 179 Å². The third-order valence-electron chi connectivity index (χ3n) is 23.9. The lowest BCUT2D eigenvalue weighted by atomic mass is 9.79. The summed E-state index contributed by atoms with van der Waals surface area (Å²) in [5.74, 6) is 6.17. The Hall–Kier alpha value is -6.59. The van der Waals surface area contributed by atoms with Gasteiger partial charge in [-0.25, -0.2) is 24.1 Å². The Balaban J connectivity index is 0.655. The average Bonchev–Trinajstić information content (AvgIpc) is 1.64. The van der Waals surface area contributed by atoms with E-state index in [0.29, 0.717) is 101 Å². The normalized spacial score (nSPS) is 21.6. The van der Waals surface area contributed by atoms with Gasteiger partial charge in [-0.3, -0.25) is 19.4 Å². The van der Waals surface area contributed by atoms with Crippen LogP contribution in [0.4, 0.5) is 9.18 Å². The van der Waals surface area contributed by atoms with E-state index in [1.165, 1.54) is 89.2 Å². The minimum absolute atomic E-state index is 0.107. The van der Waals surface area contributed by atoms with Crippen LogP contribution in [0.1, 0.15) is 281 Å². The summed E-state index contributed by atoms with van der Waals surface area (Å²) < 4.78 is 34.0. The highest BCUT2D eigenvalue weighted by Gasteiger charge is 2.34. The summed E-state index contributed by atoms with van der Waals surface area (Å²) in [5.41, 5.74) is 6.06. The molecule has 98 heavy (non-hydrogen) atoms. The zero-order chi connectivity index (χ0) is 67.9. The van der Waals surface area contributed by atoms with Crippen LogP contribution in [0.15, 0.2) is 48.7 Å². The van der Waals surface area contributed by atoms with Crippen molar-refractivity contribution in [3.8, 4) is 5.75 Å². The van der Waals surface area contributed by atoms with Crippen LogP contribution in [0.25, 0.3) is 33.1 Å². The van der Waals surface area contributed by atoms with E-state index in [0.717, 1.165) is 191 Å². The second-order valence-electron chi connectivity index (χ2n) is 30.2. The summed E-state index contributed by atoms with van der Waals surface area (Å²) in [6, 6.07) is 14.2. The zero-order valence-electron chi connectivity index (χ0n) is 60.1. The van der Waals surface area contributed by atoms with Crippen LogP contribution in [-0.4, -0.2) is 141 Å². The molecule has 0 bridgehead atoms. The van der Waals surface area contributed by atoms with Gasteiger partial charge < -0.3 is 42.8 Å². The monoisotopic (exact) mass is 1350 g/mol. The molecule has 0 spiro atoms. The van der Waals surface area contributed by atoms with Crippen molar-refractivity contribution in [1.29, 1.82) is 0 Å². The first-order valence-corrected chi connectivity index (χ1v) is 39.4. The van der Waals surface area contributed by atoms with Crippen molar-refractivity contribution in [1.82, 2.24) is 53.2 Å². The lowest BCUT2D eigenvalue weighted by Crippen LogP contribution is -2.42. The Bertz CT molecular complexity index is 3580. The molecule has 1 unspecified atom stereocenters. The molecule has 4 amide bonds. The number of aryl methyl sites for hydroxylation is 3. The predicted octanol–water partition coefficient (Wildman–Crippen LogP) is 17.1. The second kappa shape index (κ2) is 34.7. The predicted molar refractivity (Wildman–Crippen MR) is 386 cm³/mol. The quantitative estimate of drug-likeness (QED) is 0.0413. The Labute approximate surface area is 583 Å². The van der Waals surface area contributed by atoms with Crippen molar-refractivity contribution in [2.75, 3.05) is 45.9 Å². The molecule has 5 aliphatic carbocycles. The number of pyridine rings is 1. The van der Waals surface area contributed by atoms with E-state index >= 15 is 0 Å². The number of hydrogen-bond donors (Lipinski definition) is 0. The standard InChI is InChI=1S/C80H116FN11O6/c1-5-21-57-30-34-59(35-31-57)77-84-69-54-67(39-41-72(69)90(77)47-42-74(93)87(6-2)64-24-12-9-13-25-64)97-50-19-18-22-58-32-36-60(37-33-58)78-85-70-55-82-63(53-73(70)92(78)49-44-76(95)89(8-4)66-28-16-11-17-29-66)45-51-98-80(96)86-46-20-23-61(56-86)79-83-68-52-62(81)38-40-71(68)91(79)48-43-75(94)88(7-3)65-26-14-10-15-27-65/h38-41,52-55,57-61,64-66H,5-37,42-51,56H2,1-4H3/t57-,58-,59-,60-,61?. The van der Waals surface area contributed by atoms with Crippen LogP contribution in [0, 0.1) is 17.7 Å². The third-order valence-corrected chi connectivity index (χ3v) is 23.9. The van der Waals surface area contributed by atoms with E-state index in [4.69, 9.17) is 29.4 Å². The number of carbonyl (C=O) groups is 4. The summed E-state index contributed by atoms with van der Waals surface area (Å²) in [6.07, 6.45) is 37.1. The average molecular weight is 1350 g/mol.